The van der Waals surface area contributed by atoms with Crippen molar-refractivity contribution in [3.63, 3.8) is 0 Å². The van der Waals surface area contributed by atoms with Crippen molar-refractivity contribution in [3.8, 4) is 0 Å². The van der Waals surface area contributed by atoms with Gasteiger partial charge < -0.3 is 5.32 Å². The third-order valence-corrected chi connectivity index (χ3v) is 3.88. The van der Waals surface area contributed by atoms with Gasteiger partial charge >= 0.3 is 0 Å². The van der Waals surface area contributed by atoms with Crippen LogP contribution in [0.2, 0.25) is 10.4 Å². The zero-order chi connectivity index (χ0) is 14.0. The Labute approximate surface area is 141 Å². The van der Waals surface area contributed by atoms with Gasteiger partial charge in [-0.3, -0.25) is 4.79 Å². The second-order valence-electron chi connectivity index (χ2n) is 3.42. The van der Waals surface area contributed by atoms with Crippen molar-refractivity contribution in [2.24, 2.45) is 0 Å². The van der Waals surface area contributed by atoms with Crippen LogP contribution in [0.3, 0.4) is 0 Å². The molecule has 0 saturated heterocycles. The van der Waals surface area contributed by atoms with Crippen LogP contribution < -0.4 is 5.32 Å². The van der Waals surface area contributed by atoms with E-state index in [4.69, 9.17) is 23.2 Å². The van der Waals surface area contributed by atoms with E-state index in [1.165, 1.54) is 6.07 Å². The highest BCUT2D eigenvalue weighted by Crippen LogP contribution is 2.20. The maximum Gasteiger partial charge on any atom is 0.257 e. The number of nitrogens with one attached hydrogen (secondary N) is 1. The van der Waals surface area contributed by atoms with Crippen LogP contribution in [0, 0.1) is 3.57 Å². The molecule has 0 radical (unpaired) electrons. The van der Waals surface area contributed by atoms with Gasteiger partial charge in [-0.2, -0.15) is 0 Å². The minimum absolute atomic E-state index is 0.0215. The number of rotatable bonds is 2. The molecule has 2 rings (SSSR count). The third-order valence-electron chi connectivity index (χ3n) is 2.08. The molecule has 0 fully saturated rings. The zero-order valence-corrected chi connectivity index (χ0v) is 14.4. The van der Waals surface area contributed by atoms with Crippen LogP contribution in [0.25, 0.3) is 0 Å². The van der Waals surface area contributed by atoms with Crippen LogP contribution in [-0.4, -0.2) is 15.9 Å². The molecule has 98 valence electrons. The fraction of sp³-hybridized carbons (Fsp3) is 0. The monoisotopic (exact) mass is 471 g/mol. The topological polar surface area (TPSA) is 54.9 Å². The molecular formula is C11H5BrCl2IN3O. The number of aromatic nitrogens is 2. The minimum Gasteiger partial charge on any atom is -0.306 e. The van der Waals surface area contributed by atoms with Gasteiger partial charge in [0.15, 0.2) is 0 Å². The van der Waals surface area contributed by atoms with Crippen LogP contribution in [0.15, 0.2) is 28.7 Å². The molecule has 0 saturated carbocycles. The molecular weight excluding hydrogens is 468 g/mol. The second-order valence-corrected chi connectivity index (χ2v) is 6.23. The summed E-state index contributed by atoms with van der Waals surface area (Å²) < 4.78 is 1.64. The molecule has 0 bridgehead atoms. The van der Waals surface area contributed by atoms with E-state index < -0.39 is 0 Å². The number of amides is 1. The maximum atomic E-state index is 12.1. The molecule has 0 aliphatic rings. The van der Waals surface area contributed by atoms with Gasteiger partial charge in [-0.05, 0) is 52.4 Å². The number of halogens is 4. The quantitative estimate of drug-likeness (QED) is 0.400. The van der Waals surface area contributed by atoms with Crippen LogP contribution in [0.1, 0.15) is 10.4 Å². The van der Waals surface area contributed by atoms with Crippen molar-refractivity contribution >= 4 is 73.4 Å². The lowest BCUT2D eigenvalue weighted by molar-refractivity contribution is 0.102. The summed E-state index contributed by atoms with van der Waals surface area (Å²) in [4.78, 5) is 19.7. The Kier molecular flexibility index (Phi) is 4.99. The van der Waals surface area contributed by atoms with E-state index in [1.54, 1.807) is 6.07 Å². The van der Waals surface area contributed by atoms with E-state index >= 15 is 0 Å². The SMILES string of the molecule is O=C(Nc1cc(Cl)nc(Cl)n1)c1cc(Br)ccc1I. The third kappa shape index (κ3) is 4.01. The number of carbonyl (C=O) groups is 1. The number of hydrogen-bond donors (Lipinski definition) is 1. The minimum atomic E-state index is -0.295. The van der Waals surface area contributed by atoms with E-state index in [9.17, 15) is 4.79 Å². The van der Waals surface area contributed by atoms with E-state index in [0.29, 0.717) is 5.56 Å². The summed E-state index contributed by atoms with van der Waals surface area (Å²) in [6.07, 6.45) is 0. The molecule has 0 unspecified atom stereocenters. The van der Waals surface area contributed by atoms with Crippen LogP contribution in [-0.2, 0) is 0 Å². The maximum absolute atomic E-state index is 12.1. The Morgan fingerprint density at radius 3 is 2.68 bits per heavy atom. The number of carbonyl (C=O) groups excluding carboxylic acids is 1. The highest BCUT2D eigenvalue weighted by atomic mass is 127. The predicted octanol–water partition coefficient (Wildman–Crippen LogP) is 4.40. The molecule has 1 N–H and O–H groups in total. The first-order valence-corrected chi connectivity index (χ1v) is 7.55. The van der Waals surface area contributed by atoms with Crippen molar-refractivity contribution in [2.45, 2.75) is 0 Å². The lowest BCUT2D eigenvalue weighted by Crippen LogP contribution is -2.14. The van der Waals surface area contributed by atoms with E-state index in [1.807, 2.05) is 12.1 Å². The van der Waals surface area contributed by atoms with Gasteiger partial charge in [-0.1, -0.05) is 27.5 Å². The summed E-state index contributed by atoms with van der Waals surface area (Å²) in [5.74, 6) is -0.0395. The molecule has 0 atom stereocenters. The normalized spacial score (nSPS) is 10.3. The Hall–Kier alpha value is -0.440. The molecule has 0 spiro atoms. The Morgan fingerprint density at radius 1 is 1.26 bits per heavy atom. The van der Waals surface area contributed by atoms with Crippen molar-refractivity contribution < 1.29 is 4.79 Å². The first kappa shape index (κ1) is 15.0. The second kappa shape index (κ2) is 6.34. The molecule has 1 aromatic carbocycles. The standard InChI is InChI=1S/C11H5BrCl2IN3O/c12-5-1-2-7(15)6(3-5)10(19)17-9-4-8(13)16-11(14)18-9/h1-4H,(H,16,17,18,19). The molecule has 0 aliphatic heterocycles. The summed E-state index contributed by atoms with van der Waals surface area (Å²) in [6.45, 7) is 0. The first-order valence-electron chi connectivity index (χ1n) is 4.92. The van der Waals surface area contributed by atoms with Gasteiger partial charge in [0.1, 0.15) is 11.0 Å². The summed E-state index contributed by atoms with van der Waals surface area (Å²) in [5, 5.41) is 2.77. The fourth-order valence-electron chi connectivity index (χ4n) is 1.31. The molecule has 1 heterocycles. The molecule has 8 heteroatoms. The first-order chi connectivity index (χ1) is 8.95. The largest absolute Gasteiger partial charge is 0.306 e. The van der Waals surface area contributed by atoms with Gasteiger partial charge in [0.25, 0.3) is 5.91 Å². The summed E-state index contributed by atoms with van der Waals surface area (Å²) in [6, 6.07) is 6.84. The van der Waals surface area contributed by atoms with Gasteiger partial charge in [-0.15, -0.1) is 0 Å². The Morgan fingerprint density at radius 2 is 2.00 bits per heavy atom. The molecule has 0 aliphatic carbocycles. The number of nitrogens with zero attached hydrogens (tertiary/aromatic N) is 2. The number of hydrogen-bond acceptors (Lipinski definition) is 3. The predicted molar refractivity (Wildman–Crippen MR) is 86.9 cm³/mol. The van der Waals surface area contributed by atoms with E-state index in [0.717, 1.165) is 8.04 Å². The van der Waals surface area contributed by atoms with E-state index in [-0.39, 0.29) is 22.2 Å². The smallest absolute Gasteiger partial charge is 0.257 e. The van der Waals surface area contributed by atoms with Crippen molar-refractivity contribution in [3.05, 3.63) is 48.3 Å². The summed E-state index contributed by atoms with van der Waals surface area (Å²) in [5.41, 5.74) is 0.529. The summed E-state index contributed by atoms with van der Waals surface area (Å²) in [7, 11) is 0. The molecule has 1 amide bonds. The average molecular weight is 473 g/mol. The molecule has 4 nitrogen and oxygen atoms in total. The summed E-state index contributed by atoms with van der Waals surface area (Å²) >= 11 is 16.8. The van der Waals surface area contributed by atoms with Crippen molar-refractivity contribution in [2.75, 3.05) is 5.32 Å². The van der Waals surface area contributed by atoms with E-state index in [2.05, 4.69) is 53.8 Å². The van der Waals surface area contributed by atoms with Crippen LogP contribution >= 0.6 is 61.7 Å². The average Bonchev–Trinajstić information content (AvgIpc) is 2.30. The highest BCUT2D eigenvalue weighted by molar-refractivity contribution is 14.1. The lowest BCUT2D eigenvalue weighted by Gasteiger charge is -2.07. The van der Waals surface area contributed by atoms with Gasteiger partial charge in [0.05, 0.1) is 5.56 Å². The van der Waals surface area contributed by atoms with Crippen LogP contribution in [0.5, 0.6) is 0 Å². The van der Waals surface area contributed by atoms with Crippen molar-refractivity contribution in [1.82, 2.24) is 9.97 Å². The Balaban J connectivity index is 2.28. The molecule has 2 aromatic rings. The molecule has 1 aromatic heterocycles. The van der Waals surface area contributed by atoms with Gasteiger partial charge in [-0.25, -0.2) is 9.97 Å². The van der Waals surface area contributed by atoms with Crippen molar-refractivity contribution in [1.29, 1.82) is 0 Å². The highest BCUT2D eigenvalue weighted by Gasteiger charge is 2.12. The van der Waals surface area contributed by atoms with Crippen LogP contribution in [0.4, 0.5) is 5.82 Å². The number of anilines is 1. The molecule has 19 heavy (non-hydrogen) atoms. The van der Waals surface area contributed by atoms with Gasteiger partial charge in [0, 0.05) is 14.1 Å². The Bertz CT molecular complexity index is 634. The fourth-order valence-corrected chi connectivity index (χ4v) is 2.66. The van der Waals surface area contributed by atoms with Gasteiger partial charge in [0.2, 0.25) is 5.28 Å². The number of benzene rings is 1. The zero-order valence-electron chi connectivity index (χ0n) is 9.12. The lowest BCUT2D eigenvalue weighted by atomic mass is 10.2.